The van der Waals surface area contributed by atoms with Gasteiger partial charge in [-0.1, -0.05) is 17.7 Å². The molecule has 2 heterocycles. The summed E-state index contributed by atoms with van der Waals surface area (Å²) >= 11 is 0. The molecule has 1 saturated heterocycles. The zero-order valence-corrected chi connectivity index (χ0v) is 14.3. The molecule has 1 aromatic carbocycles. The fraction of sp³-hybridized carbons (Fsp3) is 0.400. The van der Waals surface area contributed by atoms with Gasteiger partial charge >= 0.3 is 0 Å². The van der Waals surface area contributed by atoms with Gasteiger partial charge in [0.05, 0.1) is 12.8 Å². The van der Waals surface area contributed by atoms with E-state index in [9.17, 15) is 9.59 Å². The van der Waals surface area contributed by atoms with Crippen LogP contribution in [0, 0.1) is 18.3 Å². The SMILES string of the molecule is Cc1cccc(C(=O)N2CC[C@@]3(C[C@H]3C(=O)NCc3ccco3)C2)c1. The summed E-state index contributed by atoms with van der Waals surface area (Å²) in [6, 6.07) is 11.3. The summed E-state index contributed by atoms with van der Waals surface area (Å²) in [6.45, 7) is 3.82. The van der Waals surface area contributed by atoms with E-state index >= 15 is 0 Å². The van der Waals surface area contributed by atoms with Crippen molar-refractivity contribution in [2.24, 2.45) is 11.3 Å². The van der Waals surface area contributed by atoms with Crippen molar-refractivity contribution >= 4 is 11.8 Å². The van der Waals surface area contributed by atoms with Gasteiger partial charge in [0.25, 0.3) is 5.91 Å². The molecule has 1 aliphatic carbocycles. The van der Waals surface area contributed by atoms with Crippen LogP contribution >= 0.6 is 0 Å². The number of aryl methyl sites for hydroxylation is 1. The van der Waals surface area contributed by atoms with Gasteiger partial charge < -0.3 is 14.6 Å². The van der Waals surface area contributed by atoms with Crippen molar-refractivity contribution in [3.63, 3.8) is 0 Å². The second-order valence-corrected chi connectivity index (χ2v) is 7.26. The number of hydrogen-bond donors (Lipinski definition) is 1. The minimum atomic E-state index is -0.0211. The molecule has 0 bridgehead atoms. The van der Waals surface area contributed by atoms with Crippen LogP contribution in [-0.2, 0) is 11.3 Å². The van der Waals surface area contributed by atoms with Crippen LogP contribution in [0.4, 0.5) is 0 Å². The Morgan fingerprint density at radius 2 is 2.20 bits per heavy atom. The standard InChI is InChI=1S/C20H22N2O3/c1-14-4-2-5-15(10-14)19(24)22-8-7-20(13-22)11-17(20)18(23)21-12-16-6-3-9-25-16/h2-6,9-10,17H,7-8,11-13H2,1H3,(H,21,23)/t17-,20+/m0/s1. The van der Waals surface area contributed by atoms with Crippen LogP contribution in [0.3, 0.4) is 0 Å². The predicted octanol–water partition coefficient (Wildman–Crippen LogP) is 2.76. The van der Waals surface area contributed by atoms with Gasteiger partial charge in [0, 0.05) is 30.0 Å². The molecule has 5 nitrogen and oxygen atoms in total. The molecule has 5 heteroatoms. The quantitative estimate of drug-likeness (QED) is 0.932. The lowest BCUT2D eigenvalue weighted by Gasteiger charge is -2.17. The number of hydrogen-bond acceptors (Lipinski definition) is 3. The van der Waals surface area contributed by atoms with Crippen molar-refractivity contribution < 1.29 is 14.0 Å². The van der Waals surface area contributed by atoms with E-state index in [0.717, 1.165) is 36.3 Å². The number of furan rings is 1. The van der Waals surface area contributed by atoms with Crippen molar-refractivity contribution in [2.45, 2.75) is 26.3 Å². The van der Waals surface area contributed by atoms with Gasteiger partial charge in [-0.25, -0.2) is 0 Å². The maximum atomic E-state index is 12.7. The number of amides is 2. The summed E-state index contributed by atoms with van der Waals surface area (Å²) in [7, 11) is 0. The topological polar surface area (TPSA) is 62.6 Å². The molecule has 0 radical (unpaired) electrons. The highest BCUT2D eigenvalue weighted by Gasteiger charge is 2.61. The van der Waals surface area contributed by atoms with Gasteiger partial charge in [-0.05, 0) is 44.0 Å². The minimum Gasteiger partial charge on any atom is -0.467 e. The molecule has 1 aromatic heterocycles. The van der Waals surface area contributed by atoms with Gasteiger partial charge in [0.1, 0.15) is 5.76 Å². The Morgan fingerprint density at radius 1 is 1.32 bits per heavy atom. The van der Waals surface area contributed by atoms with E-state index in [2.05, 4.69) is 5.32 Å². The third-order valence-corrected chi connectivity index (χ3v) is 5.46. The molecule has 2 fully saturated rings. The number of carbonyl (C=O) groups is 2. The van der Waals surface area contributed by atoms with Crippen molar-refractivity contribution in [2.75, 3.05) is 13.1 Å². The van der Waals surface area contributed by atoms with Crippen molar-refractivity contribution in [1.82, 2.24) is 10.2 Å². The number of benzene rings is 1. The molecule has 1 aliphatic heterocycles. The molecule has 130 valence electrons. The van der Waals surface area contributed by atoms with Gasteiger partial charge in [-0.2, -0.15) is 0 Å². The molecule has 2 amide bonds. The highest BCUT2D eigenvalue weighted by Crippen LogP contribution is 2.58. The lowest BCUT2D eigenvalue weighted by Crippen LogP contribution is -2.31. The lowest BCUT2D eigenvalue weighted by atomic mass is 10.0. The summed E-state index contributed by atoms with van der Waals surface area (Å²) in [5.41, 5.74) is 1.80. The van der Waals surface area contributed by atoms with Gasteiger partial charge in [0.2, 0.25) is 5.91 Å². The Bertz CT molecular complexity index is 799. The average molecular weight is 338 g/mol. The van der Waals surface area contributed by atoms with E-state index in [1.807, 2.05) is 48.2 Å². The van der Waals surface area contributed by atoms with Crippen molar-refractivity contribution in [1.29, 1.82) is 0 Å². The maximum absolute atomic E-state index is 12.7. The molecule has 2 aliphatic rings. The molecule has 25 heavy (non-hydrogen) atoms. The normalized spacial score (nSPS) is 24.5. The molecular weight excluding hydrogens is 316 g/mol. The van der Waals surface area contributed by atoms with Crippen molar-refractivity contribution in [3.05, 3.63) is 59.5 Å². The zero-order valence-electron chi connectivity index (χ0n) is 14.3. The van der Waals surface area contributed by atoms with E-state index in [0.29, 0.717) is 13.1 Å². The fourth-order valence-electron chi connectivity index (χ4n) is 3.91. The molecular formula is C20H22N2O3. The summed E-state index contributed by atoms with van der Waals surface area (Å²) in [5.74, 6) is 0.909. The van der Waals surface area contributed by atoms with E-state index in [1.165, 1.54) is 0 Å². The Kier molecular flexibility index (Phi) is 3.86. The molecule has 1 N–H and O–H groups in total. The largest absolute Gasteiger partial charge is 0.467 e. The summed E-state index contributed by atoms with van der Waals surface area (Å²) < 4.78 is 5.24. The van der Waals surface area contributed by atoms with Crippen LogP contribution in [0.1, 0.15) is 34.5 Å². The molecule has 1 saturated carbocycles. The molecule has 0 unspecified atom stereocenters. The highest BCUT2D eigenvalue weighted by molar-refractivity contribution is 5.95. The fourth-order valence-corrected chi connectivity index (χ4v) is 3.91. The first-order valence-electron chi connectivity index (χ1n) is 8.73. The third-order valence-electron chi connectivity index (χ3n) is 5.46. The second kappa shape index (κ2) is 6.06. The van der Waals surface area contributed by atoms with Crippen LogP contribution in [0.25, 0.3) is 0 Å². The number of rotatable bonds is 4. The molecule has 4 rings (SSSR count). The first-order valence-corrected chi connectivity index (χ1v) is 8.73. The first-order chi connectivity index (χ1) is 12.1. The Hall–Kier alpha value is -2.56. The number of carbonyl (C=O) groups excluding carboxylic acids is 2. The van der Waals surface area contributed by atoms with Crippen LogP contribution in [-0.4, -0.2) is 29.8 Å². The minimum absolute atomic E-state index is 0.0118. The van der Waals surface area contributed by atoms with Crippen LogP contribution in [0.2, 0.25) is 0 Å². The van der Waals surface area contributed by atoms with E-state index in [-0.39, 0.29) is 23.1 Å². The highest BCUT2D eigenvalue weighted by atomic mass is 16.3. The van der Waals surface area contributed by atoms with Crippen molar-refractivity contribution in [3.8, 4) is 0 Å². The summed E-state index contributed by atoms with van der Waals surface area (Å²) in [5, 5.41) is 2.95. The Labute approximate surface area is 147 Å². The summed E-state index contributed by atoms with van der Waals surface area (Å²) in [4.78, 5) is 27.0. The van der Waals surface area contributed by atoms with E-state index in [4.69, 9.17) is 4.42 Å². The third kappa shape index (κ3) is 3.06. The zero-order chi connectivity index (χ0) is 17.4. The summed E-state index contributed by atoms with van der Waals surface area (Å²) in [6.07, 6.45) is 3.38. The van der Waals surface area contributed by atoms with Gasteiger partial charge in [-0.15, -0.1) is 0 Å². The molecule has 2 atom stereocenters. The van der Waals surface area contributed by atoms with Crippen LogP contribution in [0.5, 0.6) is 0 Å². The number of likely N-dealkylation sites (tertiary alicyclic amines) is 1. The van der Waals surface area contributed by atoms with Crippen LogP contribution in [0.15, 0.2) is 47.1 Å². The number of nitrogens with zero attached hydrogens (tertiary/aromatic N) is 1. The van der Waals surface area contributed by atoms with E-state index in [1.54, 1.807) is 6.26 Å². The van der Waals surface area contributed by atoms with Gasteiger partial charge in [0.15, 0.2) is 0 Å². The Morgan fingerprint density at radius 3 is 2.96 bits per heavy atom. The molecule has 2 aromatic rings. The smallest absolute Gasteiger partial charge is 0.253 e. The van der Waals surface area contributed by atoms with Crippen LogP contribution < -0.4 is 5.32 Å². The molecule has 1 spiro atoms. The second-order valence-electron chi connectivity index (χ2n) is 7.26. The maximum Gasteiger partial charge on any atom is 0.253 e. The predicted molar refractivity (Wildman–Crippen MR) is 92.8 cm³/mol. The lowest BCUT2D eigenvalue weighted by molar-refractivity contribution is -0.123. The first kappa shape index (κ1) is 15.9. The van der Waals surface area contributed by atoms with Gasteiger partial charge in [-0.3, -0.25) is 9.59 Å². The monoisotopic (exact) mass is 338 g/mol. The van der Waals surface area contributed by atoms with E-state index < -0.39 is 0 Å². The number of nitrogens with one attached hydrogen (secondary N) is 1. The Balaban J connectivity index is 1.35. The average Bonchev–Trinajstić information content (AvgIpc) is 2.95.